The number of rotatable bonds is 8. The molecule has 0 heterocycles. The van der Waals surface area contributed by atoms with Crippen molar-refractivity contribution in [3.05, 3.63) is 28.3 Å². The highest BCUT2D eigenvalue weighted by molar-refractivity contribution is 7.90. The minimum atomic E-state index is -3.53. The number of nitrogens with one attached hydrogen (secondary N) is 2. The maximum absolute atomic E-state index is 11.5. The van der Waals surface area contributed by atoms with Crippen LogP contribution in [0.5, 0.6) is 0 Å². The van der Waals surface area contributed by atoms with Crippen molar-refractivity contribution in [3.63, 3.8) is 0 Å². The number of amides is 1. The van der Waals surface area contributed by atoms with E-state index in [0.29, 0.717) is 0 Å². The lowest BCUT2D eigenvalue weighted by molar-refractivity contribution is -0.384. The number of carbonyl (C=O) groups is 1. The molecule has 0 saturated heterocycles. The number of nitrogens with zero attached hydrogens (tertiary/aromatic N) is 1. The maximum Gasteiger partial charge on any atom is 0.293 e. The predicted molar refractivity (Wildman–Crippen MR) is 93.2 cm³/mol. The molecular weight excluding hydrogens is 360 g/mol. The third-order valence-corrected chi connectivity index (χ3v) is 4.25. The summed E-state index contributed by atoms with van der Waals surface area (Å²) in [6.07, 6.45) is 0.979. The van der Waals surface area contributed by atoms with Crippen LogP contribution in [0.3, 0.4) is 0 Å². The SMILES string of the molecule is CC(CN)C(=O)NCCNc1ccc(S(C)(=O)=O)cc1[N+](=O)[O-].Cl. The summed E-state index contributed by atoms with van der Waals surface area (Å²) < 4.78 is 22.9. The van der Waals surface area contributed by atoms with Crippen molar-refractivity contribution in [2.75, 3.05) is 31.2 Å². The third kappa shape index (κ3) is 6.30. The van der Waals surface area contributed by atoms with E-state index in [2.05, 4.69) is 10.6 Å². The van der Waals surface area contributed by atoms with E-state index in [0.717, 1.165) is 12.3 Å². The summed E-state index contributed by atoms with van der Waals surface area (Å²) in [5, 5.41) is 16.5. The van der Waals surface area contributed by atoms with Gasteiger partial charge in [-0.2, -0.15) is 0 Å². The lowest BCUT2D eigenvalue weighted by atomic mass is 10.2. The van der Waals surface area contributed by atoms with Crippen LogP contribution in [0.15, 0.2) is 23.1 Å². The van der Waals surface area contributed by atoms with Crippen LogP contribution < -0.4 is 16.4 Å². The molecule has 1 rings (SSSR count). The van der Waals surface area contributed by atoms with Crippen LogP contribution in [0.25, 0.3) is 0 Å². The first-order valence-electron chi connectivity index (χ1n) is 6.87. The zero-order valence-electron chi connectivity index (χ0n) is 13.3. The molecule has 0 aliphatic rings. The van der Waals surface area contributed by atoms with E-state index >= 15 is 0 Å². The first-order chi connectivity index (χ1) is 10.7. The Labute approximate surface area is 146 Å². The summed E-state index contributed by atoms with van der Waals surface area (Å²) in [6.45, 7) is 2.44. The molecule has 1 aromatic rings. The summed E-state index contributed by atoms with van der Waals surface area (Å²) in [7, 11) is -3.53. The molecule has 4 N–H and O–H groups in total. The van der Waals surface area contributed by atoms with Gasteiger partial charge in [0.25, 0.3) is 5.69 Å². The monoisotopic (exact) mass is 380 g/mol. The lowest BCUT2D eigenvalue weighted by Crippen LogP contribution is -2.35. The number of anilines is 1. The Morgan fingerprint density at radius 1 is 1.38 bits per heavy atom. The quantitative estimate of drug-likeness (QED) is 0.339. The topological polar surface area (TPSA) is 144 Å². The Morgan fingerprint density at radius 3 is 2.50 bits per heavy atom. The summed E-state index contributed by atoms with van der Waals surface area (Å²) in [5.41, 5.74) is 5.22. The highest BCUT2D eigenvalue weighted by Gasteiger charge is 2.18. The second kappa shape index (κ2) is 9.40. The zero-order chi connectivity index (χ0) is 17.6. The number of nitro benzene ring substituents is 1. The van der Waals surface area contributed by atoms with Crippen LogP contribution >= 0.6 is 12.4 Å². The minimum Gasteiger partial charge on any atom is -0.378 e. The van der Waals surface area contributed by atoms with Crippen LogP contribution in [-0.2, 0) is 14.6 Å². The number of nitrogens with two attached hydrogens (primary N) is 1. The summed E-state index contributed by atoms with van der Waals surface area (Å²) in [4.78, 5) is 21.8. The molecule has 0 radical (unpaired) electrons. The number of benzene rings is 1. The molecule has 1 amide bonds. The van der Waals surface area contributed by atoms with Gasteiger partial charge in [-0.1, -0.05) is 6.92 Å². The van der Waals surface area contributed by atoms with E-state index in [1.807, 2.05) is 0 Å². The highest BCUT2D eigenvalue weighted by atomic mass is 35.5. The second-order valence-electron chi connectivity index (χ2n) is 5.06. The van der Waals surface area contributed by atoms with E-state index in [-0.39, 0.29) is 60.1 Å². The third-order valence-electron chi connectivity index (χ3n) is 3.13. The molecule has 136 valence electrons. The van der Waals surface area contributed by atoms with Crippen molar-refractivity contribution in [3.8, 4) is 0 Å². The molecule has 0 aliphatic heterocycles. The fourth-order valence-electron chi connectivity index (χ4n) is 1.71. The Morgan fingerprint density at radius 2 is 2.00 bits per heavy atom. The standard InChI is InChI=1S/C13H20N4O5S.ClH/c1-9(8-14)13(18)16-6-5-15-11-4-3-10(23(2,21)22)7-12(11)17(19)20;/h3-4,7,9,15H,5-6,8,14H2,1-2H3,(H,16,18);1H. The lowest BCUT2D eigenvalue weighted by Gasteiger charge is -2.11. The summed E-state index contributed by atoms with van der Waals surface area (Å²) in [6, 6.07) is 3.63. The molecule has 1 atom stereocenters. The van der Waals surface area contributed by atoms with Gasteiger partial charge < -0.3 is 16.4 Å². The molecule has 0 saturated carbocycles. The van der Waals surface area contributed by atoms with Crippen molar-refractivity contribution < 1.29 is 18.1 Å². The van der Waals surface area contributed by atoms with Gasteiger partial charge in [0.2, 0.25) is 5.91 Å². The van der Waals surface area contributed by atoms with Crippen LogP contribution in [0.2, 0.25) is 0 Å². The minimum absolute atomic E-state index is 0. The molecule has 11 heteroatoms. The van der Waals surface area contributed by atoms with Crippen molar-refractivity contribution in [2.45, 2.75) is 11.8 Å². The van der Waals surface area contributed by atoms with Gasteiger partial charge in [0.05, 0.1) is 9.82 Å². The molecule has 0 aromatic heterocycles. The second-order valence-corrected chi connectivity index (χ2v) is 7.08. The van der Waals surface area contributed by atoms with Crippen LogP contribution in [0.4, 0.5) is 11.4 Å². The van der Waals surface area contributed by atoms with Crippen molar-refractivity contribution in [1.82, 2.24) is 5.32 Å². The molecule has 9 nitrogen and oxygen atoms in total. The van der Waals surface area contributed by atoms with E-state index < -0.39 is 14.8 Å². The van der Waals surface area contributed by atoms with Gasteiger partial charge in [0.1, 0.15) is 5.69 Å². The van der Waals surface area contributed by atoms with Crippen molar-refractivity contribution in [2.24, 2.45) is 11.7 Å². The van der Waals surface area contributed by atoms with Gasteiger partial charge in [-0.3, -0.25) is 14.9 Å². The normalized spacial score (nSPS) is 12.0. The van der Waals surface area contributed by atoms with Crippen LogP contribution in [0.1, 0.15) is 6.92 Å². The molecule has 24 heavy (non-hydrogen) atoms. The average Bonchev–Trinajstić information content (AvgIpc) is 2.49. The number of hydrogen-bond acceptors (Lipinski definition) is 7. The highest BCUT2D eigenvalue weighted by Crippen LogP contribution is 2.27. The molecule has 1 unspecified atom stereocenters. The number of carbonyl (C=O) groups excluding carboxylic acids is 1. The number of sulfone groups is 1. The van der Waals surface area contributed by atoms with Crippen LogP contribution in [-0.4, -0.2) is 45.1 Å². The molecular formula is C13H21ClN4O5S. The Kier molecular flexibility index (Phi) is 8.65. The van der Waals surface area contributed by atoms with Crippen molar-refractivity contribution >= 4 is 39.5 Å². The van der Waals surface area contributed by atoms with E-state index in [4.69, 9.17) is 5.73 Å². The van der Waals surface area contributed by atoms with Gasteiger partial charge in [0.15, 0.2) is 9.84 Å². The predicted octanol–water partition coefficient (Wildman–Crippen LogP) is 0.543. The summed E-state index contributed by atoms with van der Waals surface area (Å²) >= 11 is 0. The molecule has 0 aliphatic carbocycles. The number of hydrogen-bond donors (Lipinski definition) is 3. The largest absolute Gasteiger partial charge is 0.378 e. The summed E-state index contributed by atoms with van der Waals surface area (Å²) in [5.74, 6) is -0.505. The van der Waals surface area contributed by atoms with E-state index in [1.54, 1.807) is 6.92 Å². The molecule has 1 aromatic carbocycles. The van der Waals surface area contributed by atoms with E-state index in [9.17, 15) is 23.3 Å². The average molecular weight is 381 g/mol. The fourth-order valence-corrected chi connectivity index (χ4v) is 2.35. The van der Waals surface area contributed by atoms with Crippen LogP contribution in [0, 0.1) is 16.0 Å². The van der Waals surface area contributed by atoms with Gasteiger partial charge in [0, 0.05) is 37.9 Å². The zero-order valence-corrected chi connectivity index (χ0v) is 14.9. The van der Waals surface area contributed by atoms with Gasteiger partial charge in [-0.15, -0.1) is 12.4 Å². The Hall–Kier alpha value is -1.91. The first kappa shape index (κ1) is 22.1. The van der Waals surface area contributed by atoms with Gasteiger partial charge >= 0.3 is 0 Å². The smallest absolute Gasteiger partial charge is 0.293 e. The van der Waals surface area contributed by atoms with Crippen molar-refractivity contribution in [1.29, 1.82) is 0 Å². The van der Waals surface area contributed by atoms with E-state index in [1.165, 1.54) is 12.1 Å². The van der Waals surface area contributed by atoms with Gasteiger partial charge in [-0.25, -0.2) is 8.42 Å². The fraction of sp³-hybridized carbons (Fsp3) is 0.462. The maximum atomic E-state index is 11.5. The molecule has 0 spiro atoms. The molecule has 0 bridgehead atoms. The Bertz CT molecular complexity index is 696. The number of nitro groups is 1. The number of halogens is 1. The Balaban J connectivity index is 0.00000529. The molecule has 0 fully saturated rings. The van der Waals surface area contributed by atoms with Gasteiger partial charge in [-0.05, 0) is 12.1 Å². The first-order valence-corrected chi connectivity index (χ1v) is 8.76.